The summed E-state index contributed by atoms with van der Waals surface area (Å²) in [5.74, 6) is -6.50. The van der Waals surface area contributed by atoms with E-state index in [0.29, 0.717) is 0 Å². The van der Waals surface area contributed by atoms with Crippen LogP contribution in [-0.4, -0.2) is 0 Å². The third-order valence-corrected chi connectivity index (χ3v) is 2.00. The molecule has 1 rings (SSSR count). The third-order valence-electron chi connectivity index (χ3n) is 1.47. The first-order chi connectivity index (χ1) is 5.46. The molecule has 0 fully saturated rings. The average Bonchev–Trinajstić information content (AvgIpc) is 2.08. The molecule has 0 unspecified atom stereocenters. The smallest absolute Gasteiger partial charge is 0.198 e. The van der Waals surface area contributed by atoms with Crippen LogP contribution in [0.25, 0.3) is 0 Å². The summed E-state index contributed by atoms with van der Waals surface area (Å²) >= 11 is 3.48. The highest BCUT2D eigenvalue weighted by Gasteiger charge is 2.20. The first-order valence-electron chi connectivity index (χ1n) is 2.98. The van der Waals surface area contributed by atoms with E-state index in [0.717, 1.165) is 6.92 Å². The molecule has 5 heteroatoms. The van der Waals surface area contributed by atoms with Crippen molar-refractivity contribution in [1.82, 2.24) is 0 Å². The van der Waals surface area contributed by atoms with Crippen molar-refractivity contribution in [3.63, 3.8) is 0 Å². The molecular formula is C7H4F4S. The topological polar surface area (TPSA) is 0 Å². The van der Waals surface area contributed by atoms with Gasteiger partial charge in [0, 0.05) is 10.5 Å². The molecule has 1 aromatic carbocycles. The average molecular weight is 196 g/mol. The summed E-state index contributed by atoms with van der Waals surface area (Å²) in [6.07, 6.45) is 0. The van der Waals surface area contributed by atoms with Crippen molar-refractivity contribution in [2.24, 2.45) is 0 Å². The second-order valence-corrected chi connectivity index (χ2v) is 2.68. The normalized spacial score (nSPS) is 10.5. The third kappa shape index (κ3) is 1.18. The van der Waals surface area contributed by atoms with Gasteiger partial charge < -0.3 is 0 Å². The van der Waals surface area contributed by atoms with Gasteiger partial charge in [-0.15, -0.1) is 12.6 Å². The van der Waals surface area contributed by atoms with Crippen LogP contribution in [0.2, 0.25) is 0 Å². The van der Waals surface area contributed by atoms with Gasteiger partial charge in [0.15, 0.2) is 23.3 Å². The van der Waals surface area contributed by atoms with Crippen LogP contribution < -0.4 is 0 Å². The van der Waals surface area contributed by atoms with Gasteiger partial charge in [0.25, 0.3) is 0 Å². The van der Waals surface area contributed by atoms with Crippen molar-refractivity contribution in [1.29, 1.82) is 0 Å². The highest BCUT2D eigenvalue weighted by atomic mass is 32.1. The Labute approximate surface area is 71.6 Å². The Hall–Kier alpha value is -0.710. The Balaban J connectivity index is 3.60. The van der Waals surface area contributed by atoms with E-state index in [9.17, 15) is 17.6 Å². The molecule has 0 spiro atoms. The van der Waals surface area contributed by atoms with E-state index in [2.05, 4.69) is 12.6 Å². The van der Waals surface area contributed by atoms with Crippen molar-refractivity contribution < 1.29 is 17.6 Å². The maximum absolute atomic E-state index is 12.6. The lowest BCUT2D eigenvalue weighted by molar-refractivity contribution is 0.395. The van der Waals surface area contributed by atoms with Gasteiger partial charge in [-0.2, -0.15) is 0 Å². The highest BCUT2D eigenvalue weighted by Crippen LogP contribution is 2.25. The van der Waals surface area contributed by atoms with Crippen molar-refractivity contribution in [3.05, 3.63) is 28.8 Å². The fourth-order valence-corrected chi connectivity index (χ4v) is 0.926. The zero-order valence-corrected chi connectivity index (χ0v) is 6.85. The largest absolute Gasteiger partial charge is 0.203 e. The van der Waals surface area contributed by atoms with E-state index in [-0.39, 0.29) is 5.56 Å². The van der Waals surface area contributed by atoms with Crippen molar-refractivity contribution >= 4 is 12.6 Å². The Morgan fingerprint density at radius 1 is 0.833 bits per heavy atom. The highest BCUT2D eigenvalue weighted by molar-refractivity contribution is 7.80. The predicted molar refractivity (Wildman–Crippen MR) is 38.3 cm³/mol. The Morgan fingerprint density at radius 3 is 1.75 bits per heavy atom. The molecule has 0 saturated heterocycles. The zero-order valence-electron chi connectivity index (χ0n) is 5.96. The molecule has 0 N–H and O–H groups in total. The quantitative estimate of drug-likeness (QED) is 0.280. The second-order valence-electron chi connectivity index (χ2n) is 2.23. The molecule has 12 heavy (non-hydrogen) atoms. The summed E-state index contributed by atoms with van der Waals surface area (Å²) in [5.41, 5.74) is -0.338. The molecule has 0 radical (unpaired) electrons. The van der Waals surface area contributed by atoms with Crippen molar-refractivity contribution in [2.75, 3.05) is 0 Å². The molecule has 0 aliphatic rings. The van der Waals surface area contributed by atoms with Gasteiger partial charge >= 0.3 is 0 Å². The number of benzene rings is 1. The molecule has 0 aliphatic heterocycles. The van der Waals surface area contributed by atoms with Gasteiger partial charge in [-0.25, -0.2) is 17.6 Å². The lowest BCUT2D eigenvalue weighted by Crippen LogP contribution is -2.00. The van der Waals surface area contributed by atoms with E-state index < -0.39 is 28.2 Å². The standard InChI is InChI=1S/C7H4F4S/c1-2-3(8)4(9)5(10)6(11)7(2)12/h12H,1H3. The minimum Gasteiger partial charge on any atom is -0.203 e. The first-order valence-corrected chi connectivity index (χ1v) is 3.43. The van der Waals surface area contributed by atoms with Crippen LogP contribution in [0.1, 0.15) is 5.56 Å². The van der Waals surface area contributed by atoms with Crippen molar-refractivity contribution in [3.8, 4) is 0 Å². The fourth-order valence-electron chi connectivity index (χ4n) is 0.730. The summed E-state index contributed by atoms with van der Waals surface area (Å²) in [5, 5.41) is 0. The molecule has 0 aliphatic carbocycles. The van der Waals surface area contributed by atoms with E-state index in [1.165, 1.54) is 0 Å². The van der Waals surface area contributed by atoms with Gasteiger partial charge in [0.2, 0.25) is 0 Å². The van der Waals surface area contributed by atoms with Gasteiger partial charge in [0.1, 0.15) is 0 Å². The summed E-state index contributed by atoms with van der Waals surface area (Å²) < 4.78 is 50.0. The zero-order chi connectivity index (χ0) is 9.46. The number of halogens is 4. The van der Waals surface area contributed by atoms with E-state index in [1.807, 2.05) is 0 Å². The summed E-state index contributed by atoms with van der Waals surface area (Å²) in [4.78, 5) is -0.508. The number of hydrogen-bond donors (Lipinski definition) is 1. The lowest BCUT2D eigenvalue weighted by Gasteiger charge is -2.04. The molecule has 0 nitrogen and oxygen atoms in total. The van der Waals surface area contributed by atoms with Gasteiger partial charge in [-0.05, 0) is 6.92 Å². The number of thiol groups is 1. The minimum atomic E-state index is -1.83. The molecule has 0 heterocycles. The van der Waals surface area contributed by atoms with Crippen LogP contribution in [0.4, 0.5) is 17.6 Å². The Morgan fingerprint density at radius 2 is 1.25 bits per heavy atom. The van der Waals surface area contributed by atoms with E-state index in [1.54, 1.807) is 0 Å². The molecule has 0 saturated carbocycles. The second kappa shape index (κ2) is 2.97. The molecule has 0 aromatic heterocycles. The van der Waals surface area contributed by atoms with Crippen molar-refractivity contribution in [2.45, 2.75) is 11.8 Å². The number of hydrogen-bond acceptors (Lipinski definition) is 1. The summed E-state index contributed by atoms with van der Waals surface area (Å²) in [7, 11) is 0. The minimum absolute atomic E-state index is 0.338. The van der Waals surface area contributed by atoms with Gasteiger partial charge in [0.05, 0.1) is 0 Å². The molecule has 66 valence electrons. The molecule has 1 aromatic rings. The maximum Gasteiger partial charge on any atom is 0.198 e. The fraction of sp³-hybridized carbons (Fsp3) is 0.143. The first kappa shape index (κ1) is 9.38. The van der Waals surface area contributed by atoms with Crippen LogP contribution in [0.3, 0.4) is 0 Å². The van der Waals surface area contributed by atoms with Crippen LogP contribution in [-0.2, 0) is 0 Å². The van der Waals surface area contributed by atoms with Crippen LogP contribution in [0.15, 0.2) is 4.90 Å². The monoisotopic (exact) mass is 196 g/mol. The SMILES string of the molecule is Cc1c(F)c(F)c(F)c(F)c1S. The summed E-state index contributed by atoms with van der Waals surface area (Å²) in [6, 6.07) is 0. The van der Waals surface area contributed by atoms with Gasteiger partial charge in [-0.3, -0.25) is 0 Å². The summed E-state index contributed by atoms with van der Waals surface area (Å²) in [6.45, 7) is 1.11. The molecule has 0 bridgehead atoms. The van der Waals surface area contributed by atoms with Gasteiger partial charge in [-0.1, -0.05) is 0 Å². The van der Waals surface area contributed by atoms with Crippen LogP contribution in [0.5, 0.6) is 0 Å². The van der Waals surface area contributed by atoms with Crippen LogP contribution >= 0.6 is 12.6 Å². The molecule has 0 amide bonds. The Kier molecular flexibility index (Phi) is 2.32. The Bertz CT molecular complexity index is 230. The number of rotatable bonds is 0. The van der Waals surface area contributed by atoms with Crippen LogP contribution in [0, 0.1) is 30.2 Å². The molecular weight excluding hydrogens is 192 g/mol. The maximum atomic E-state index is 12.6. The molecule has 0 atom stereocenters. The predicted octanol–water partition coefficient (Wildman–Crippen LogP) is 2.84. The van der Waals surface area contributed by atoms with E-state index in [4.69, 9.17) is 0 Å². The van der Waals surface area contributed by atoms with E-state index >= 15 is 0 Å². The lowest BCUT2D eigenvalue weighted by atomic mass is 10.2.